The van der Waals surface area contributed by atoms with Gasteiger partial charge in [-0.05, 0) is 113 Å². The highest BCUT2D eigenvalue weighted by atomic mass is 79.9. The quantitative estimate of drug-likeness (QED) is 0.137. The maximum atomic E-state index is 5.36. The van der Waals surface area contributed by atoms with E-state index in [-0.39, 0.29) is 7.43 Å². The summed E-state index contributed by atoms with van der Waals surface area (Å²) >= 11 is 3.58. The van der Waals surface area contributed by atoms with E-state index >= 15 is 0 Å². The van der Waals surface area contributed by atoms with Gasteiger partial charge < -0.3 is 11.1 Å². The first kappa shape index (κ1) is 34.3. The van der Waals surface area contributed by atoms with Gasteiger partial charge in [0.25, 0.3) is 0 Å². The average molecular weight is 736 g/mol. The number of fused-ring (bicyclic) bond motifs is 12. The van der Waals surface area contributed by atoms with E-state index in [1.807, 2.05) is 48.5 Å². The van der Waals surface area contributed by atoms with Crippen molar-refractivity contribution in [3.8, 4) is 0 Å². The summed E-state index contributed by atoms with van der Waals surface area (Å²) in [5.74, 6) is 0. The molecule has 10 aromatic carbocycles. The van der Waals surface area contributed by atoms with E-state index in [9.17, 15) is 0 Å². The first-order valence-corrected chi connectivity index (χ1v) is 17.9. The second kappa shape index (κ2) is 15.4. The largest absolute Gasteiger partial charge is 0.399 e. The van der Waals surface area contributed by atoms with Crippen LogP contribution in [0.3, 0.4) is 0 Å². The molecule has 3 N–H and O–H groups in total. The molecule has 0 aliphatic carbocycles. The smallest absolute Gasteiger partial charge is 0.0390 e. The van der Waals surface area contributed by atoms with E-state index in [0.717, 1.165) is 21.5 Å². The fourth-order valence-electron chi connectivity index (χ4n) is 7.01. The van der Waals surface area contributed by atoms with E-state index in [1.54, 1.807) is 0 Å². The lowest BCUT2D eigenvalue weighted by molar-refractivity contribution is 1.57. The number of nitrogens with two attached hydrogens (primary N) is 1. The molecule has 10 aromatic rings. The van der Waals surface area contributed by atoms with E-state index in [1.165, 1.54) is 64.6 Å². The van der Waals surface area contributed by atoms with Crippen molar-refractivity contribution >= 4 is 97.6 Å². The standard InChI is InChI=1S/C24H17N.C18H11Br.C6H7N.CH4/c1-2-8-17(9-3-1)25-18-14-15-23-21-12-5-4-10-19(21)20-11-6-7-13-22(20)24(23)16-18;19-12-9-10-17-15-7-2-1-5-13(15)14-6-3-4-8-16(14)18(17)11-12;7-6-4-2-1-3-5-6;/h1-16,25H;1-11H;1-5H,7H2;1H4. The lowest BCUT2D eigenvalue weighted by Crippen LogP contribution is -1.90. The van der Waals surface area contributed by atoms with Gasteiger partial charge in [-0.1, -0.05) is 169 Å². The van der Waals surface area contributed by atoms with Crippen LogP contribution in [-0.4, -0.2) is 0 Å². The SMILES string of the molecule is Brc1ccc2c3ccccc3c3ccccc3c2c1.C.Nc1ccccc1.c1ccc(Nc2ccc3c4ccccc4c4ccccc4c3c2)cc1. The van der Waals surface area contributed by atoms with Crippen molar-refractivity contribution < 1.29 is 0 Å². The minimum Gasteiger partial charge on any atom is -0.399 e. The number of hydrogen-bond acceptors (Lipinski definition) is 2. The number of rotatable bonds is 2. The predicted octanol–water partition coefficient (Wildman–Crippen LogP) is 14.7. The lowest BCUT2D eigenvalue weighted by Gasteiger charge is -2.12. The maximum absolute atomic E-state index is 5.36. The van der Waals surface area contributed by atoms with Crippen molar-refractivity contribution in [2.24, 2.45) is 0 Å². The van der Waals surface area contributed by atoms with Crippen molar-refractivity contribution in [1.82, 2.24) is 0 Å². The van der Waals surface area contributed by atoms with Gasteiger partial charge in [0.15, 0.2) is 0 Å². The predicted molar refractivity (Wildman–Crippen MR) is 233 cm³/mol. The maximum Gasteiger partial charge on any atom is 0.0390 e. The molecule has 52 heavy (non-hydrogen) atoms. The fraction of sp³-hybridized carbons (Fsp3) is 0.0204. The molecule has 252 valence electrons. The molecule has 10 rings (SSSR count). The van der Waals surface area contributed by atoms with Gasteiger partial charge >= 0.3 is 0 Å². The summed E-state index contributed by atoms with van der Waals surface area (Å²) in [4.78, 5) is 0. The number of benzene rings is 10. The third-order valence-corrected chi connectivity index (χ3v) is 9.81. The van der Waals surface area contributed by atoms with E-state index < -0.39 is 0 Å². The zero-order valence-electron chi connectivity index (χ0n) is 27.9. The lowest BCUT2D eigenvalue weighted by atomic mass is 9.94. The highest BCUT2D eigenvalue weighted by Crippen LogP contribution is 2.37. The summed E-state index contributed by atoms with van der Waals surface area (Å²) in [6.45, 7) is 0. The monoisotopic (exact) mass is 734 g/mol. The van der Waals surface area contributed by atoms with Crippen molar-refractivity contribution in [2.45, 2.75) is 7.43 Å². The summed E-state index contributed by atoms with van der Waals surface area (Å²) in [7, 11) is 0. The van der Waals surface area contributed by atoms with Crippen LogP contribution in [0.15, 0.2) is 199 Å². The molecule has 0 fully saturated rings. The first-order valence-electron chi connectivity index (χ1n) is 17.1. The Bertz CT molecular complexity index is 2720. The van der Waals surface area contributed by atoms with Gasteiger partial charge in [0, 0.05) is 21.5 Å². The molecule has 0 atom stereocenters. The van der Waals surface area contributed by atoms with Crippen LogP contribution in [0.25, 0.3) is 64.6 Å². The summed E-state index contributed by atoms with van der Waals surface area (Å²) < 4.78 is 1.13. The van der Waals surface area contributed by atoms with Crippen molar-refractivity contribution in [1.29, 1.82) is 0 Å². The van der Waals surface area contributed by atoms with Crippen molar-refractivity contribution in [2.75, 3.05) is 11.1 Å². The zero-order valence-corrected chi connectivity index (χ0v) is 29.5. The molecule has 3 heteroatoms. The van der Waals surface area contributed by atoms with E-state index in [2.05, 4.69) is 167 Å². The number of para-hydroxylation sites is 2. The first-order chi connectivity index (χ1) is 25.1. The Labute approximate surface area is 313 Å². The summed E-state index contributed by atoms with van der Waals surface area (Å²) in [5, 5.41) is 19.2. The minimum atomic E-state index is 0. The Hall–Kier alpha value is -6.16. The molecule has 0 aliphatic rings. The van der Waals surface area contributed by atoms with Crippen LogP contribution in [0.4, 0.5) is 17.1 Å². The molecule has 0 heterocycles. The number of anilines is 3. The average Bonchev–Trinajstić information content (AvgIpc) is 3.19. The van der Waals surface area contributed by atoms with Gasteiger partial charge in [0.05, 0.1) is 0 Å². The number of halogens is 1. The summed E-state index contributed by atoms with van der Waals surface area (Å²) in [6, 6.07) is 67.6. The van der Waals surface area contributed by atoms with Gasteiger partial charge in [-0.15, -0.1) is 0 Å². The Balaban J connectivity index is 0.000000137. The van der Waals surface area contributed by atoms with Crippen molar-refractivity contribution in [3.05, 3.63) is 199 Å². The molecular weight excluding hydrogens is 696 g/mol. The molecule has 0 aliphatic heterocycles. The Morgan fingerprint density at radius 1 is 0.308 bits per heavy atom. The van der Waals surface area contributed by atoms with E-state index in [4.69, 9.17) is 5.73 Å². The summed E-state index contributed by atoms with van der Waals surface area (Å²) in [6.07, 6.45) is 0. The van der Waals surface area contributed by atoms with Crippen molar-refractivity contribution in [3.63, 3.8) is 0 Å². The highest BCUT2D eigenvalue weighted by molar-refractivity contribution is 9.10. The number of nitrogen functional groups attached to an aromatic ring is 1. The van der Waals surface area contributed by atoms with Crippen LogP contribution in [0, 0.1) is 0 Å². The van der Waals surface area contributed by atoms with Gasteiger partial charge in [0.1, 0.15) is 0 Å². The molecule has 0 unspecified atom stereocenters. The van der Waals surface area contributed by atoms with Gasteiger partial charge in [0.2, 0.25) is 0 Å². The molecule has 0 spiro atoms. The Kier molecular flexibility index (Phi) is 10.1. The molecule has 0 bridgehead atoms. The van der Waals surface area contributed by atoms with Crippen LogP contribution < -0.4 is 11.1 Å². The molecular formula is C49H39BrN2. The third-order valence-electron chi connectivity index (χ3n) is 9.31. The Morgan fingerprint density at radius 3 is 1.04 bits per heavy atom. The summed E-state index contributed by atoms with van der Waals surface area (Å²) in [5.41, 5.74) is 8.39. The molecule has 0 aromatic heterocycles. The second-order valence-corrected chi connectivity index (χ2v) is 13.4. The molecule has 0 amide bonds. The Morgan fingerprint density at radius 2 is 0.635 bits per heavy atom. The van der Waals surface area contributed by atoms with Crippen LogP contribution >= 0.6 is 15.9 Å². The van der Waals surface area contributed by atoms with Crippen LogP contribution in [0.2, 0.25) is 0 Å². The van der Waals surface area contributed by atoms with E-state index in [0.29, 0.717) is 0 Å². The third kappa shape index (κ3) is 6.92. The number of hydrogen-bond donors (Lipinski definition) is 2. The topological polar surface area (TPSA) is 38.0 Å². The molecule has 2 nitrogen and oxygen atoms in total. The van der Waals surface area contributed by atoms with Crippen LogP contribution in [0.1, 0.15) is 7.43 Å². The second-order valence-electron chi connectivity index (χ2n) is 12.5. The molecule has 0 radical (unpaired) electrons. The normalized spacial score (nSPS) is 10.7. The zero-order chi connectivity index (χ0) is 34.6. The molecule has 0 saturated heterocycles. The number of nitrogens with one attached hydrogen (secondary N) is 1. The van der Waals surface area contributed by atoms with Gasteiger partial charge in [-0.25, -0.2) is 0 Å². The van der Waals surface area contributed by atoms with Gasteiger partial charge in [-0.2, -0.15) is 0 Å². The highest BCUT2D eigenvalue weighted by Gasteiger charge is 2.09. The van der Waals surface area contributed by atoms with Crippen LogP contribution in [-0.2, 0) is 0 Å². The fourth-order valence-corrected chi connectivity index (χ4v) is 7.37. The van der Waals surface area contributed by atoms with Gasteiger partial charge in [-0.3, -0.25) is 0 Å². The van der Waals surface area contributed by atoms with Crippen LogP contribution in [0.5, 0.6) is 0 Å². The minimum absolute atomic E-state index is 0. The molecule has 0 saturated carbocycles.